The second kappa shape index (κ2) is 5.35. The van der Waals surface area contributed by atoms with E-state index in [1.165, 1.54) is 19.5 Å². The van der Waals surface area contributed by atoms with E-state index in [9.17, 15) is 25.2 Å². The summed E-state index contributed by atoms with van der Waals surface area (Å²) in [5, 5.41) is 44.9. The molecule has 7 nitrogen and oxygen atoms in total. The van der Waals surface area contributed by atoms with E-state index >= 15 is 0 Å². The van der Waals surface area contributed by atoms with Gasteiger partial charge in [0.15, 0.2) is 0 Å². The first kappa shape index (κ1) is 18.9. The maximum Gasteiger partial charge on any atom is 0.318 e. The van der Waals surface area contributed by atoms with Crippen LogP contribution in [-0.2, 0) is 9.53 Å². The number of ether oxygens (including phenoxy) is 1. The Balaban J connectivity index is 1.88. The van der Waals surface area contributed by atoms with Crippen LogP contribution in [0.4, 0.5) is 0 Å². The maximum absolute atomic E-state index is 13.3. The van der Waals surface area contributed by atoms with Crippen LogP contribution in [0.25, 0.3) is 0 Å². The Morgan fingerprint density at radius 2 is 1.81 bits per heavy atom. The van der Waals surface area contributed by atoms with Crippen molar-refractivity contribution in [2.45, 2.75) is 81.9 Å². The molecule has 0 amide bonds. The molecule has 0 radical (unpaired) electrons. The number of fused-ring (bicyclic) bond motifs is 2. The van der Waals surface area contributed by atoms with Crippen LogP contribution in [0.3, 0.4) is 0 Å². The largest absolute Gasteiger partial charge is 0.472 e. The normalized spacial score (nSPS) is 52.6. The smallest absolute Gasteiger partial charge is 0.318 e. The summed E-state index contributed by atoms with van der Waals surface area (Å²) in [7, 11) is 0. The molecule has 1 aromatic heterocycles. The lowest BCUT2D eigenvalue weighted by molar-refractivity contribution is -0.330. The molecule has 1 saturated heterocycles. The van der Waals surface area contributed by atoms with Gasteiger partial charge in [-0.05, 0) is 45.6 Å². The van der Waals surface area contributed by atoms with Crippen LogP contribution in [0, 0.1) is 10.8 Å². The summed E-state index contributed by atoms with van der Waals surface area (Å²) >= 11 is 0. The van der Waals surface area contributed by atoms with Gasteiger partial charge in [0.1, 0.15) is 11.5 Å². The highest BCUT2D eigenvalue weighted by Gasteiger charge is 2.80. The van der Waals surface area contributed by atoms with Gasteiger partial charge in [0.25, 0.3) is 0 Å². The van der Waals surface area contributed by atoms with Crippen molar-refractivity contribution in [3.05, 3.63) is 24.2 Å². The Kier molecular flexibility index (Phi) is 3.75. The number of aliphatic hydroxyl groups excluding tert-OH is 1. The lowest BCUT2D eigenvalue weighted by Crippen LogP contribution is -2.79. The van der Waals surface area contributed by atoms with Gasteiger partial charge >= 0.3 is 5.97 Å². The standard InChI is InChI=1S/C20H28O7/c1-16-7-8-17(2,23)19(20(16,25)6-4-14(21)18(16,3)24)10-13(27-15(19)22)12-5-9-26-11-12/h5,9,11,13-14,21,23-25H,4,6-8,10H2,1-3H3/t13-,14-,16+,17+,18+,19-,20-/m1/s1. The summed E-state index contributed by atoms with van der Waals surface area (Å²) in [6.45, 7) is 4.76. The lowest BCUT2D eigenvalue weighted by Gasteiger charge is -2.68. The molecule has 0 aromatic carbocycles. The second-order valence-corrected chi connectivity index (χ2v) is 9.23. The topological polar surface area (TPSA) is 120 Å². The number of furan rings is 1. The van der Waals surface area contributed by atoms with Gasteiger partial charge in [-0.25, -0.2) is 0 Å². The number of hydrogen-bond acceptors (Lipinski definition) is 7. The molecule has 27 heavy (non-hydrogen) atoms. The summed E-state index contributed by atoms with van der Waals surface area (Å²) in [5.74, 6) is -0.667. The molecule has 3 aliphatic rings. The van der Waals surface area contributed by atoms with Crippen LogP contribution in [0.1, 0.15) is 64.5 Å². The highest BCUT2D eigenvalue weighted by molar-refractivity contribution is 5.83. The molecule has 1 aliphatic heterocycles. The minimum absolute atomic E-state index is 0.0800. The third-order valence-corrected chi connectivity index (χ3v) is 8.20. The number of cyclic esters (lactones) is 1. The van der Waals surface area contributed by atoms with E-state index in [1.54, 1.807) is 19.9 Å². The molecule has 0 unspecified atom stereocenters. The predicted molar refractivity (Wildman–Crippen MR) is 93.4 cm³/mol. The van der Waals surface area contributed by atoms with E-state index < -0.39 is 45.8 Å². The van der Waals surface area contributed by atoms with Gasteiger partial charge in [-0.2, -0.15) is 0 Å². The molecule has 3 fully saturated rings. The average molecular weight is 380 g/mol. The van der Waals surface area contributed by atoms with Crippen molar-refractivity contribution in [3.63, 3.8) is 0 Å². The summed E-state index contributed by atoms with van der Waals surface area (Å²) in [4.78, 5) is 13.3. The first-order chi connectivity index (χ1) is 12.4. The molecule has 7 heteroatoms. The van der Waals surface area contributed by atoms with Gasteiger partial charge in [-0.1, -0.05) is 6.92 Å². The first-order valence-corrected chi connectivity index (χ1v) is 9.51. The van der Waals surface area contributed by atoms with Crippen molar-refractivity contribution in [1.82, 2.24) is 0 Å². The summed E-state index contributed by atoms with van der Waals surface area (Å²) in [6, 6.07) is 1.69. The Labute approximate surface area is 157 Å². The lowest BCUT2D eigenvalue weighted by atomic mass is 9.39. The number of hydrogen-bond donors (Lipinski definition) is 4. The fourth-order valence-corrected chi connectivity index (χ4v) is 6.04. The van der Waals surface area contributed by atoms with E-state index in [2.05, 4.69) is 0 Å². The van der Waals surface area contributed by atoms with Crippen LogP contribution >= 0.6 is 0 Å². The number of carbonyl (C=O) groups is 1. The number of carbonyl (C=O) groups excluding carboxylic acids is 1. The zero-order chi connectivity index (χ0) is 19.9. The van der Waals surface area contributed by atoms with Crippen LogP contribution in [0.5, 0.6) is 0 Å². The van der Waals surface area contributed by atoms with Crippen molar-refractivity contribution in [2.75, 3.05) is 0 Å². The zero-order valence-electron chi connectivity index (χ0n) is 15.9. The van der Waals surface area contributed by atoms with Gasteiger partial charge in [0, 0.05) is 17.4 Å². The fourth-order valence-electron chi connectivity index (χ4n) is 6.04. The number of esters is 1. The SMILES string of the molecule is C[C@@]12CC[C@](C)(O)[C@]3(C[C@H](c4ccoc4)OC3=O)[C@@]1(O)CC[C@@H](O)[C@]2(C)O. The molecule has 2 aliphatic carbocycles. The van der Waals surface area contributed by atoms with Crippen LogP contribution in [0.15, 0.2) is 23.0 Å². The molecule has 1 spiro atoms. The molecule has 150 valence electrons. The average Bonchev–Trinajstić information content (AvgIpc) is 3.23. The van der Waals surface area contributed by atoms with Crippen molar-refractivity contribution in [2.24, 2.45) is 10.8 Å². The third kappa shape index (κ3) is 1.98. The highest BCUT2D eigenvalue weighted by atomic mass is 16.6. The Morgan fingerprint density at radius 1 is 1.11 bits per heavy atom. The van der Waals surface area contributed by atoms with Crippen molar-refractivity contribution in [1.29, 1.82) is 0 Å². The molecule has 2 saturated carbocycles. The summed E-state index contributed by atoms with van der Waals surface area (Å²) in [5.41, 5.74) is -7.01. The van der Waals surface area contributed by atoms with E-state index in [0.717, 1.165) is 0 Å². The Hall–Kier alpha value is -1.41. The van der Waals surface area contributed by atoms with Gasteiger partial charge in [-0.15, -0.1) is 0 Å². The van der Waals surface area contributed by atoms with E-state index in [-0.39, 0.29) is 32.1 Å². The molecule has 2 heterocycles. The molecular weight excluding hydrogens is 352 g/mol. The third-order valence-electron chi connectivity index (χ3n) is 8.20. The van der Waals surface area contributed by atoms with Crippen molar-refractivity contribution in [3.8, 4) is 0 Å². The van der Waals surface area contributed by atoms with Crippen molar-refractivity contribution < 1.29 is 34.4 Å². The second-order valence-electron chi connectivity index (χ2n) is 9.23. The zero-order valence-corrected chi connectivity index (χ0v) is 15.9. The van der Waals surface area contributed by atoms with Gasteiger partial charge in [0.2, 0.25) is 0 Å². The van der Waals surface area contributed by atoms with Crippen molar-refractivity contribution >= 4 is 5.97 Å². The minimum Gasteiger partial charge on any atom is -0.472 e. The molecule has 4 N–H and O–H groups in total. The first-order valence-electron chi connectivity index (χ1n) is 9.51. The van der Waals surface area contributed by atoms with Crippen LogP contribution in [-0.4, -0.2) is 49.3 Å². The molecule has 0 bridgehead atoms. The highest BCUT2D eigenvalue weighted by Crippen LogP contribution is 2.70. The summed E-state index contributed by atoms with van der Waals surface area (Å²) < 4.78 is 10.7. The van der Waals surface area contributed by atoms with E-state index in [4.69, 9.17) is 9.15 Å². The van der Waals surface area contributed by atoms with Gasteiger partial charge in [0.05, 0.1) is 35.4 Å². The van der Waals surface area contributed by atoms with Crippen LogP contribution < -0.4 is 0 Å². The quantitative estimate of drug-likeness (QED) is 0.544. The van der Waals surface area contributed by atoms with Gasteiger partial charge < -0.3 is 29.6 Å². The Morgan fingerprint density at radius 3 is 2.44 bits per heavy atom. The maximum atomic E-state index is 13.3. The Bertz CT molecular complexity index is 754. The number of aliphatic hydroxyl groups is 4. The molecule has 7 atom stereocenters. The minimum atomic E-state index is -1.74. The summed E-state index contributed by atoms with van der Waals surface area (Å²) in [6.07, 6.45) is 2.05. The number of rotatable bonds is 1. The molecular formula is C20H28O7. The van der Waals surface area contributed by atoms with Crippen LogP contribution in [0.2, 0.25) is 0 Å². The van der Waals surface area contributed by atoms with Gasteiger partial charge in [-0.3, -0.25) is 4.79 Å². The predicted octanol–water partition coefficient (Wildman–Crippen LogP) is 1.44. The van der Waals surface area contributed by atoms with E-state index in [0.29, 0.717) is 5.56 Å². The van der Waals surface area contributed by atoms with E-state index in [1.807, 2.05) is 0 Å². The molecule has 1 aromatic rings. The monoisotopic (exact) mass is 380 g/mol. The fraction of sp³-hybridized carbons (Fsp3) is 0.750. The molecule has 4 rings (SSSR count).